The molecule has 0 spiro atoms. The van der Waals surface area contributed by atoms with Gasteiger partial charge in [-0.15, -0.1) is 11.3 Å². The van der Waals surface area contributed by atoms with E-state index in [0.717, 1.165) is 22.5 Å². The number of carboxylic acid groups (broad SMARTS) is 2. The Morgan fingerprint density at radius 3 is 2.29 bits per heavy atom. The molecule has 0 radical (unpaired) electrons. The molecule has 1 atom stereocenters. The largest absolute Gasteiger partial charge is 0.497 e. The van der Waals surface area contributed by atoms with Crippen LogP contribution in [0.5, 0.6) is 5.75 Å². The second-order valence-electron chi connectivity index (χ2n) is 6.57. The Labute approximate surface area is 182 Å². The Balaban J connectivity index is 1.76. The molecule has 0 aliphatic heterocycles. The molecule has 0 saturated carbocycles. The summed E-state index contributed by atoms with van der Waals surface area (Å²) in [7, 11) is 1.55. The van der Waals surface area contributed by atoms with E-state index in [9.17, 15) is 24.6 Å². The number of carbonyl (C=O) groups is 3. The van der Waals surface area contributed by atoms with Crippen LogP contribution in [0.4, 0.5) is 10.5 Å². The first-order valence-corrected chi connectivity index (χ1v) is 10.0. The lowest BCUT2D eigenvalue weighted by atomic mass is 10.1. The molecule has 3 rings (SSSR count). The minimum Gasteiger partial charge on any atom is -0.497 e. The van der Waals surface area contributed by atoms with Gasteiger partial charge in [0, 0.05) is 11.3 Å². The molecule has 160 valence electrons. The number of aromatic carboxylic acids is 1. The summed E-state index contributed by atoms with van der Waals surface area (Å²) in [5.41, 5.74) is 1.60. The number of hydrogen-bond acceptors (Lipinski definition) is 5. The molecule has 4 N–H and O–H groups in total. The van der Waals surface area contributed by atoms with Crippen molar-refractivity contribution in [3.05, 3.63) is 71.1 Å². The fourth-order valence-corrected chi connectivity index (χ4v) is 3.86. The van der Waals surface area contributed by atoms with E-state index >= 15 is 0 Å². The van der Waals surface area contributed by atoms with E-state index in [1.165, 1.54) is 0 Å². The van der Waals surface area contributed by atoms with Crippen molar-refractivity contribution in [3.8, 4) is 16.2 Å². The summed E-state index contributed by atoms with van der Waals surface area (Å²) < 4.78 is 5.12. The number of carbonyl (C=O) groups excluding carboxylic acids is 1. The molecular weight excluding hydrogens is 420 g/mol. The first kappa shape index (κ1) is 21.8. The third-order valence-corrected chi connectivity index (χ3v) is 5.61. The van der Waals surface area contributed by atoms with Crippen LogP contribution in [0.25, 0.3) is 10.4 Å². The van der Waals surface area contributed by atoms with Crippen LogP contribution in [0.3, 0.4) is 0 Å². The molecule has 2 amide bonds. The van der Waals surface area contributed by atoms with Crippen molar-refractivity contribution < 1.29 is 29.3 Å². The second-order valence-corrected chi connectivity index (χ2v) is 7.62. The van der Waals surface area contributed by atoms with Crippen LogP contribution in [0, 0.1) is 0 Å². The quantitative estimate of drug-likeness (QED) is 0.420. The van der Waals surface area contributed by atoms with Crippen molar-refractivity contribution >= 4 is 35.0 Å². The number of rotatable bonds is 8. The Hall–Kier alpha value is -3.85. The van der Waals surface area contributed by atoms with Crippen molar-refractivity contribution in [3.63, 3.8) is 0 Å². The van der Waals surface area contributed by atoms with Crippen LogP contribution in [-0.4, -0.2) is 41.3 Å². The van der Waals surface area contributed by atoms with E-state index in [1.54, 1.807) is 61.7 Å². The molecule has 0 unspecified atom stereocenters. The highest BCUT2D eigenvalue weighted by atomic mass is 32.1. The fourth-order valence-electron chi connectivity index (χ4n) is 2.91. The SMILES string of the molecule is COc1ccc(-c2cc(NC(=O)N[C@H](Cc3ccccc3)C(=O)O)c(C(=O)O)s2)cc1. The van der Waals surface area contributed by atoms with Crippen molar-refractivity contribution in [2.24, 2.45) is 0 Å². The predicted octanol–water partition coefficient (Wildman–Crippen LogP) is 3.94. The average molecular weight is 440 g/mol. The zero-order chi connectivity index (χ0) is 22.4. The highest BCUT2D eigenvalue weighted by molar-refractivity contribution is 7.18. The van der Waals surface area contributed by atoms with Crippen molar-refractivity contribution in [2.45, 2.75) is 12.5 Å². The van der Waals surface area contributed by atoms with E-state index in [0.29, 0.717) is 10.6 Å². The summed E-state index contributed by atoms with van der Waals surface area (Å²) in [4.78, 5) is 36.2. The summed E-state index contributed by atoms with van der Waals surface area (Å²) >= 11 is 1.00. The van der Waals surface area contributed by atoms with Gasteiger partial charge in [-0.2, -0.15) is 0 Å². The summed E-state index contributed by atoms with van der Waals surface area (Å²) in [6.07, 6.45) is 0.0934. The predicted molar refractivity (Wildman–Crippen MR) is 117 cm³/mol. The molecule has 0 aliphatic rings. The number of methoxy groups -OCH3 is 1. The Bertz CT molecular complexity index is 1080. The van der Waals surface area contributed by atoms with Gasteiger partial charge >= 0.3 is 18.0 Å². The van der Waals surface area contributed by atoms with Gasteiger partial charge < -0.3 is 25.6 Å². The van der Waals surface area contributed by atoms with Crippen molar-refractivity contribution in [1.82, 2.24) is 5.32 Å². The number of aliphatic carboxylic acids is 1. The van der Waals surface area contributed by atoms with Crippen LogP contribution in [0.15, 0.2) is 60.7 Å². The van der Waals surface area contributed by atoms with E-state index in [-0.39, 0.29) is 17.0 Å². The zero-order valence-corrected chi connectivity index (χ0v) is 17.3. The fraction of sp³-hybridized carbons (Fsp3) is 0.136. The van der Waals surface area contributed by atoms with Gasteiger partial charge in [0.25, 0.3) is 0 Å². The van der Waals surface area contributed by atoms with Crippen LogP contribution in [0.2, 0.25) is 0 Å². The monoisotopic (exact) mass is 440 g/mol. The molecule has 0 bridgehead atoms. The van der Waals surface area contributed by atoms with Crippen LogP contribution in [-0.2, 0) is 11.2 Å². The third-order valence-electron chi connectivity index (χ3n) is 4.44. The molecule has 0 fully saturated rings. The van der Waals surface area contributed by atoms with Gasteiger partial charge in [0.15, 0.2) is 0 Å². The van der Waals surface area contributed by atoms with Gasteiger partial charge in [0.05, 0.1) is 12.8 Å². The number of anilines is 1. The second kappa shape index (κ2) is 9.77. The van der Waals surface area contributed by atoms with Gasteiger partial charge in [0.2, 0.25) is 0 Å². The maximum Gasteiger partial charge on any atom is 0.348 e. The maximum atomic E-state index is 12.4. The molecule has 0 aliphatic carbocycles. The van der Waals surface area contributed by atoms with Gasteiger partial charge in [0.1, 0.15) is 16.7 Å². The normalized spacial score (nSPS) is 11.4. The van der Waals surface area contributed by atoms with E-state index in [1.807, 2.05) is 6.07 Å². The number of hydrogen-bond donors (Lipinski definition) is 4. The van der Waals surface area contributed by atoms with E-state index in [2.05, 4.69) is 10.6 Å². The number of amides is 2. The van der Waals surface area contributed by atoms with Gasteiger partial charge in [-0.3, -0.25) is 0 Å². The number of carboxylic acids is 2. The number of benzene rings is 2. The smallest absolute Gasteiger partial charge is 0.348 e. The highest BCUT2D eigenvalue weighted by Crippen LogP contribution is 2.35. The summed E-state index contributed by atoms with van der Waals surface area (Å²) in [5.74, 6) is -1.73. The molecule has 1 heterocycles. The molecule has 31 heavy (non-hydrogen) atoms. The summed E-state index contributed by atoms with van der Waals surface area (Å²) in [6.45, 7) is 0. The van der Waals surface area contributed by atoms with Gasteiger partial charge in [-0.25, -0.2) is 14.4 Å². The number of urea groups is 1. The lowest BCUT2D eigenvalue weighted by Crippen LogP contribution is -2.44. The average Bonchev–Trinajstić information content (AvgIpc) is 3.18. The zero-order valence-electron chi connectivity index (χ0n) is 16.5. The molecule has 8 nitrogen and oxygen atoms in total. The molecule has 3 aromatic rings. The van der Waals surface area contributed by atoms with Crippen LogP contribution < -0.4 is 15.4 Å². The van der Waals surface area contributed by atoms with Gasteiger partial charge in [-0.05, 0) is 41.5 Å². The highest BCUT2D eigenvalue weighted by Gasteiger charge is 2.23. The van der Waals surface area contributed by atoms with E-state index < -0.39 is 24.0 Å². The lowest BCUT2D eigenvalue weighted by molar-refractivity contribution is -0.139. The standard InChI is InChI=1S/C22H20N2O6S/c1-30-15-9-7-14(8-10-15)18-12-16(19(31-18)21(27)28)23-22(29)24-17(20(25)26)11-13-5-3-2-4-6-13/h2-10,12,17H,11H2,1H3,(H,25,26)(H,27,28)(H2,23,24,29)/t17-/m1/s1. The third kappa shape index (κ3) is 5.61. The summed E-state index contributed by atoms with van der Waals surface area (Å²) in [6, 6.07) is 15.5. The number of ether oxygens (including phenoxy) is 1. The molecule has 1 aromatic heterocycles. The van der Waals surface area contributed by atoms with Gasteiger partial charge in [-0.1, -0.05) is 30.3 Å². The Morgan fingerprint density at radius 2 is 1.71 bits per heavy atom. The molecule has 2 aromatic carbocycles. The minimum atomic E-state index is -1.20. The maximum absolute atomic E-state index is 12.4. The molecule has 0 saturated heterocycles. The summed E-state index contributed by atoms with van der Waals surface area (Å²) in [5, 5.41) is 23.8. The molecule has 9 heteroatoms. The van der Waals surface area contributed by atoms with Crippen molar-refractivity contribution in [2.75, 3.05) is 12.4 Å². The lowest BCUT2D eigenvalue weighted by Gasteiger charge is -2.15. The Kier molecular flexibility index (Phi) is 6.88. The van der Waals surface area contributed by atoms with Crippen LogP contribution in [0.1, 0.15) is 15.2 Å². The molecular formula is C22H20N2O6S. The number of thiophene rings is 1. The first-order valence-electron chi connectivity index (χ1n) is 9.23. The Morgan fingerprint density at radius 1 is 1.03 bits per heavy atom. The minimum absolute atomic E-state index is 0.0593. The topological polar surface area (TPSA) is 125 Å². The number of nitrogens with one attached hydrogen (secondary N) is 2. The van der Waals surface area contributed by atoms with Crippen LogP contribution >= 0.6 is 11.3 Å². The first-order chi connectivity index (χ1) is 14.9. The van der Waals surface area contributed by atoms with Crippen molar-refractivity contribution in [1.29, 1.82) is 0 Å². The van der Waals surface area contributed by atoms with E-state index in [4.69, 9.17) is 4.74 Å².